The molecule has 0 spiro atoms. The molecule has 0 aliphatic carbocycles. The Hall–Kier alpha value is -1.93. The number of hydrogen-bond acceptors (Lipinski definition) is 2. The molecule has 0 saturated heterocycles. The van der Waals surface area contributed by atoms with Gasteiger partial charge in [0.1, 0.15) is 0 Å². The quantitative estimate of drug-likeness (QED) is 0.656. The fourth-order valence-electron chi connectivity index (χ4n) is 2.41. The van der Waals surface area contributed by atoms with Gasteiger partial charge in [-0.1, -0.05) is 68.4 Å². The van der Waals surface area contributed by atoms with Crippen molar-refractivity contribution in [1.82, 2.24) is 0 Å². The molecular formula is C21H26O2. The molecule has 0 amide bonds. The molecule has 0 radical (unpaired) electrons. The summed E-state index contributed by atoms with van der Waals surface area (Å²) in [7, 11) is 0. The molecule has 122 valence electrons. The second-order valence-corrected chi connectivity index (χ2v) is 6.81. The van der Waals surface area contributed by atoms with E-state index in [9.17, 15) is 4.79 Å². The summed E-state index contributed by atoms with van der Waals surface area (Å²) in [6.45, 7) is 9.28. The monoisotopic (exact) mass is 310 g/mol. The minimum Gasteiger partial charge on any atom is -0.371 e. The van der Waals surface area contributed by atoms with Gasteiger partial charge in [0.25, 0.3) is 0 Å². The highest BCUT2D eigenvalue weighted by atomic mass is 16.5. The predicted molar refractivity (Wildman–Crippen MR) is 94.7 cm³/mol. The molecule has 2 aromatic carbocycles. The molecule has 2 nitrogen and oxygen atoms in total. The van der Waals surface area contributed by atoms with Crippen LogP contribution >= 0.6 is 0 Å². The summed E-state index contributed by atoms with van der Waals surface area (Å²) in [5.74, 6) is 0.687. The summed E-state index contributed by atoms with van der Waals surface area (Å²) in [5.41, 5.74) is 2.17. The van der Waals surface area contributed by atoms with E-state index in [0.29, 0.717) is 17.0 Å². The fraction of sp³-hybridized carbons (Fsp3) is 0.381. The molecule has 0 aliphatic rings. The van der Waals surface area contributed by atoms with Crippen molar-refractivity contribution in [1.29, 1.82) is 0 Å². The normalized spacial score (nSPS) is 11.7. The minimum absolute atomic E-state index is 0.0516. The van der Waals surface area contributed by atoms with Gasteiger partial charge >= 0.3 is 0 Å². The van der Waals surface area contributed by atoms with Gasteiger partial charge < -0.3 is 4.74 Å². The smallest absolute Gasteiger partial charge is 0.193 e. The van der Waals surface area contributed by atoms with Crippen LogP contribution in [0, 0.1) is 5.92 Å². The van der Waals surface area contributed by atoms with E-state index < -0.39 is 0 Å². The lowest BCUT2D eigenvalue weighted by atomic mass is 9.95. The van der Waals surface area contributed by atoms with Crippen molar-refractivity contribution in [3.05, 3.63) is 71.3 Å². The minimum atomic E-state index is -0.344. The summed E-state index contributed by atoms with van der Waals surface area (Å²) in [6.07, 6.45) is 1.05. The maximum Gasteiger partial charge on any atom is 0.193 e. The molecule has 23 heavy (non-hydrogen) atoms. The molecule has 0 heterocycles. The van der Waals surface area contributed by atoms with Crippen molar-refractivity contribution in [3.8, 4) is 0 Å². The second kappa shape index (κ2) is 7.56. The Balaban J connectivity index is 2.08. The Morgan fingerprint density at radius 3 is 2.09 bits per heavy atom. The van der Waals surface area contributed by atoms with Gasteiger partial charge in [-0.3, -0.25) is 4.79 Å². The largest absolute Gasteiger partial charge is 0.371 e. The number of carbonyl (C=O) groups is 1. The van der Waals surface area contributed by atoms with E-state index in [2.05, 4.69) is 27.7 Å². The first kappa shape index (κ1) is 17.4. The molecule has 0 aromatic heterocycles. The molecule has 0 saturated carbocycles. The van der Waals surface area contributed by atoms with Gasteiger partial charge in [0, 0.05) is 17.7 Å². The van der Waals surface area contributed by atoms with Crippen molar-refractivity contribution in [2.45, 2.75) is 39.7 Å². The zero-order valence-corrected chi connectivity index (χ0v) is 14.5. The lowest BCUT2D eigenvalue weighted by Gasteiger charge is -2.26. The van der Waals surface area contributed by atoms with E-state index in [1.165, 1.54) is 0 Å². The third-order valence-electron chi connectivity index (χ3n) is 4.04. The number of ketones is 1. The SMILES string of the molecule is CC(C)CCOC(C)(C)c1ccc(C(=O)c2ccccc2)cc1. The Morgan fingerprint density at radius 1 is 0.957 bits per heavy atom. The Labute approximate surface area is 139 Å². The van der Waals surface area contributed by atoms with Crippen molar-refractivity contribution < 1.29 is 9.53 Å². The van der Waals surface area contributed by atoms with E-state index in [4.69, 9.17) is 4.74 Å². The first-order chi connectivity index (χ1) is 10.9. The number of ether oxygens (including phenoxy) is 1. The summed E-state index contributed by atoms with van der Waals surface area (Å²) >= 11 is 0. The maximum atomic E-state index is 12.4. The molecule has 0 unspecified atom stereocenters. The van der Waals surface area contributed by atoms with E-state index in [-0.39, 0.29) is 11.4 Å². The van der Waals surface area contributed by atoms with Crippen molar-refractivity contribution in [2.75, 3.05) is 6.61 Å². The summed E-state index contributed by atoms with van der Waals surface area (Å²) in [5, 5.41) is 0. The summed E-state index contributed by atoms with van der Waals surface area (Å²) in [4.78, 5) is 12.4. The van der Waals surface area contributed by atoms with Gasteiger partial charge in [-0.05, 0) is 31.7 Å². The number of hydrogen-bond donors (Lipinski definition) is 0. The van der Waals surface area contributed by atoms with Crippen molar-refractivity contribution in [2.24, 2.45) is 5.92 Å². The van der Waals surface area contributed by atoms with E-state index in [1.807, 2.05) is 54.6 Å². The first-order valence-electron chi connectivity index (χ1n) is 8.24. The van der Waals surface area contributed by atoms with Crippen molar-refractivity contribution in [3.63, 3.8) is 0 Å². The highest BCUT2D eigenvalue weighted by molar-refractivity contribution is 6.08. The second-order valence-electron chi connectivity index (χ2n) is 6.81. The number of rotatable bonds is 7. The van der Waals surface area contributed by atoms with Gasteiger partial charge in [-0.15, -0.1) is 0 Å². The van der Waals surface area contributed by atoms with Crippen LogP contribution in [0.4, 0.5) is 0 Å². The number of benzene rings is 2. The Bertz CT molecular complexity index is 625. The Morgan fingerprint density at radius 2 is 1.52 bits per heavy atom. The van der Waals surface area contributed by atoms with E-state index >= 15 is 0 Å². The molecule has 2 rings (SSSR count). The van der Waals surface area contributed by atoms with Crippen LogP contribution < -0.4 is 0 Å². The van der Waals surface area contributed by atoms with Crippen LogP contribution in [0.2, 0.25) is 0 Å². The fourth-order valence-corrected chi connectivity index (χ4v) is 2.41. The number of carbonyl (C=O) groups excluding carboxylic acids is 1. The molecule has 0 N–H and O–H groups in total. The van der Waals surface area contributed by atoms with Crippen LogP contribution in [0.3, 0.4) is 0 Å². The average Bonchev–Trinajstić information content (AvgIpc) is 2.54. The standard InChI is InChI=1S/C21H26O2/c1-16(2)14-15-23-21(3,4)19-12-10-18(11-13-19)20(22)17-8-6-5-7-9-17/h5-13,16H,14-15H2,1-4H3. The molecule has 0 bridgehead atoms. The first-order valence-corrected chi connectivity index (χ1v) is 8.24. The van der Waals surface area contributed by atoms with Crippen LogP contribution in [0.15, 0.2) is 54.6 Å². The predicted octanol–water partition coefficient (Wildman–Crippen LogP) is 5.22. The molecular weight excluding hydrogens is 284 g/mol. The van der Waals surface area contributed by atoms with Gasteiger partial charge in [0.15, 0.2) is 5.78 Å². The molecule has 2 aromatic rings. The highest BCUT2D eigenvalue weighted by Crippen LogP contribution is 2.26. The van der Waals surface area contributed by atoms with Gasteiger partial charge in [0.2, 0.25) is 0 Å². The Kier molecular flexibility index (Phi) is 5.73. The van der Waals surface area contributed by atoms with Gasteiger partial charge in [-0.25, -0.2) is 0 Å². The van der Waals surface area contributed by atoms with Crippen LogP contribution in [0.25, 0.3) is 0 Å². The van der Waals surface area contributed by atoms with E-state index in [0.717, 1.165) is 18.6 Å². The average molecular weight is 310 g/mol. The highest BCUT2D eigenvalue weighted by Gasteiger charge is 2.21. The summed E-state index contributed by atoms with van der Waals surface area (Å²) in [6, 6.07) is 17.1. The lowest BCUT2D eigenvalue weighted by Crippen LogP contribution is -2.23. The lowest BCUT2D eigenvalue weighted by molar-refractivity contribution is -0.0262. The zero-order valence-electron chi connectivity index (χ0n) is 14.5. The van der Waals surface area contributed by atoms with Crippen LogP contribution in [-0.2, 0) is 10.3 Å². The van der Waals surface area contributed by atoms with Crippen LogP contribution in [-0.4, -0.2) is 12.4 Å². The molecule has 0 atom stereocenters. The molecule has 2 heteroatoms. The topological polar surface area (TPSA) is 26.3 Å². The molecule has 0 fully saturated rings. The molecule has 0 aliphatic heterocycles. The third kappa shape index (κ3) is 4.77. The third-order valence-corrected chi connectivity index (χ3v) is 4.04. The summed E-state index contributed by atoms with van der Waals surface area (Å²) < 4.78 is 6.03. The van der Waals surface area contributed by atoms with Crippen LogP contribution in [0.1, 0.15) is 55.6 Å². The van der Waals surface area contributed by atoms with E-state index in [1.54, 1.807) is 0 Å². The van der Waals surface area contributed by atoms with Gasteiger partial charge in [0.05, 0.1) is 5.60 Å². The van der Waals surface area contributed by atoms with Gasteiger partial charge in [-0.2, -0.15) is 0 Å². The van der Waals surface area contributed by atoms with Crippen LogP contribution in [0.5, 0.6) is 0 Å². The zero-order chi connectivity index (χ0) is 16.9. The van der Waals surface area contributed by atoms with Crippen molar-refractivity contribution >= 4 is 5.78 Å². The maximum absolute atomic E-state index is 12.4.